The summed E-state index contributed by atoms with van der Waals surface area (Å²) in [6.45, 7) is 5.06. The van der Waals surface area contributed by atoms with Crippen LogP contribution < -0.4 is 5.32 Å². The van der Waals surface area contributed by atoms with E-state index in [1.165, 1.54) is 11.9 Å². The summed E-state index contributed by atoms with van der Waals surface area (Å²) in [5.74, 6) is -1.85. The number of rotatable bonds is 7. The van der Waals surface area contributed by atoms with E-state index >= 15 is 0 Å². The van der Waals surface area contributed by atoms with Crippen LogP contribution in [-0.4, -0.2) is 48.4 Å². The predicted octanol–water partition coefficient (Wildman–Crippen LogP) is 2.73. The van der Waals surface area contributed by atoms with Gasteiger partial charge in [-0.3, -0.25) is 14.4 Å². The molecule has 1 N–H and O–H groups in total. The Kier molecular flexibility index (Phi) is 7.53. The number of likely N-dealkylation sites (N-methyl/N-ethyl adjacent to an activating group) is 1. The summed E-state index contributed by atoms with van der Waals surface area (Å²) in [5.41, 5.74) is 1.19. The number of nitrogens with one attached hydrogen (secondary N) is 1. The van der Waals surface area contributed by atoms with Crippen molar-refractivity contribution in [3.05, 3.63) is 71.8 Å². The zero-order chi connectivity index (χ0) is 21.4. The molecule has 2 aromatic carbocycles. The quantitative estimate of drug-likeness (QED) is 0.730. The first-order chi connectivity index (χ1) is 13.7. The Morgan fingerprint density at radius 3 is 1.86 bits per heavy atom. The van der Waals surface area contributed by atoms with Crippen LogP contribution >= 0.6 is 0 Å². The van der Waals surface area contributed by atoms with Gasteiger partial charge in [0.15, 0.2) is 6.61 Å². The van der Waals surface area contributed by atoms with Crippen LogP contribution in [0, 0.1) is 0 Å². The summed E-state index contributed by atoms with van der Waals surface area (Å²) < 4.78 is 5.32. The summed E-state index contributed by atoms with van der Waals surface area (Å²) >= 11 is 0. The highest BCUT2D eigenvalue weighted by Gasteiger charge is 2.25. The lowest BCUT2D eigenvalue weighted by Gasteiger charge is -2.23. The fourth-order valence-corrected chi connectivity index (χ4v) is 2.84. The minimum atomic E-state index is -0.625. The minimum absolute atomic E-state index is 0.103. The van der Waals surface area contributed by atoms with E-state index in [4.69, 9.17) is 4.74 Å². The van der Waals surface area contributed by atoms with E-state index in [-0.39, 0.29) is 18.0 Å². The van der Waals surface area contributed by atoms with E-state index in [1.807, 2.05) is 81.4 Å². The van der Waals surface area contributed by atoms with E-state index in [9.17, 15) is 14.4 Å². The summed E-state index contributed by atoms with van der Waals surface area (Å²) in [5, 5.41) is 2.79. The first kappa shape index (κ1) is 22.1. The Bertz CT molecular complexity index is 789. The van der Waals surface area contributed by atoms with Gasteiger partial charge in [-0.1, -0.05) is 60.7 Å². The van der Waals surface area contributed by atoms with Crippen LogP contribution in [0.4, 0.5) is 0 Å². The van der Waals surface area contributed by atoms with Gasteiger partial charge in [0.05, 0.1) is 6.54 Å². The van der Waals surface area contributed by atoms with E-state index in [0.29, 0.717) is 0 Å². The summed E-state index contributed by atoms with van der Waals surface area (Å²) in [4.78, 5) is 38.3. The van der Waals surface area contributed by atoms with E-state index < -0.39 is 24.4 Å². The maximum atomic E-state index is 12.8. The van der Waals surface area contributed by atoms with Crippen LogP contribution in [-0.2, 0) is 19.1 Å². The van der Waals surface area contributed by atoms with Gasteiger partial charge in [0.1, 0.15) is 5.92 Å². The predicted molar refractivity (Wildman–Crippen MR) is 111 cm³/mol. The largest absolute Gasteiger partial charge is 0.455 e. The topological polar surface area (TPSA) is 75.7 Å². The van der Waals surface area contributed by atoms with Crippen LogP contribution in [0.3, 0.4) is 0 Å². The molecule has 0 heterocycles. The first-order valence-electron chi connectivity index (χ1n) is 9.49. The SMILES string of the molecule is CN(CC(=O)NC(C)(C)C)C(=O)COC(=O)C(c1ccccc1)c1ccccc1. The Labute approximate surface area is 171 Å². The molecule has 0 saturated heterocycles. The van der Waals surface area contributed by atoms with Gasteiger partial charge in [-0.15, -0.1) is 0 Å². The van der Waals surface area contributed by atoms with Crippen molar-refractivity contribution in [2.45, 2.75) is 32.2 Å². The summed E-state index contributed by atoms with van der Waals surface area (Å²) in [7, 11) is 1.50. The smallest absolute Gasteiger partial charge is 0.318 e. The average Bonchev–Trinajstić information content (AvgIpc) is 2.66. The molecule has 0 aliphatic heterocycles. The molecule has 0 atom stereocenters. The van der Waals surface area contributed by atoms with Crippen LogP contribution in [0.25, 0.3) is 0 Å². The number of hydrogen-bond acceptors (Lipinski definition) is 4. The molecule has 2 aromatic rings. The van der Waals surface area contributed by atoms with Crippen molar-refractivity contribution in [2.75, 3.05) is 20.2 Å². The zero-order valence-corrected chi connectivity index (χ0v) is 17.3. The van der Waals surface area contributed by atoms with Crippen molar-refractivity contribution >= 4 is 17.8 Å². The fourth-order valence-electron chi connectivity index (χ4n) is 2.84. The van der Waals surface area contributed by atoms with Crippen molar-refractivity contribution in [1.29, 1.82) is 0 Å². The van der Waals surface area contributed by atoms with Crippen molar-refractivity contribution in [3.8, 4) is 0 Å². The van der Waals surface area contributed by atoms with Crippen LogP contribution in [0.2, 0.25) is 0 Å². The molecular weight excluding hydrogens is 368 g/mol. The van der Waals surface area contributed by atoms with Gasteiger partial charge in [0.25, 0.3) is 5.91 Å². The second-order valence-corrected chi connectivity index (χ2v) is 7.91. The lowest BCUT2D eigenvalue weighted by atomic mass is 9.91. The van der Waals surface area contributed by atoms with Crippen molar-refractivity contribution in [2.24, 2.45) is 0 Å². The Hall–Kier alpha value is -3.15. The fraction of sp³-hybridized carbons (Fsp3) is 0.348. The molecule has 0 bridgehead atoms. The van der Waals surface area contributed by atoms with Gasteiger partial charge >= 0.3 is 5.97 Å². The Morgan fingerprint density at radius 2 is 1.41 bits per heavy atom. The number of nitrogens with zero attached hydrogens (tertiary/aromatic N) is 1. The van der Waals surface area contributed by atoms with E-state index in [1.54, 1.807) is 0 Å². The molecule has 6 heteroatoms. The van der Waals surface area contributed by atoms with Crippen molar-refractivity contribution < 1.29 is 19.1 Å². The first-order valence-corrected chi connectivity index (χ1v) is 9.49. The molecule has 6 nitrogen and oxygen atoms in total. The normalized spacial score (nSPS) is 11.1. The highest BCUT2D eigenvalue weighted by molar-refractivity contribution is 5.88. The van der Waals surface area contributed by atoms with Crippen molar-refractivity contribution in [1.82, 2.24) is 10.2 Å². The summed E-state index contributed by atoms with van der Waals surface area (Å²) in [6, 6.07) is 18.6. The number of carbonyl (C=O) groups excluding carboxylic acids is 3. The molecule has 0 fully saturated rings. The van der Waals surface area contributed by atoms with Crippen LogP contribution in [0.5, 0.6) is 0 Å². The van der Waals surface area contributed by atoms with Gasteiger partial charge in [-0.05, 0) is 31.9 Å². The maximum absolute atomic E-state index is 12.8. The van der Waals surface area contributed by atoms with Gasteiger partial charge in [0, 0.05) is 12.6 Å². The molecule has 0 radical (unpaired) electrons. The second kappa shape index (κ2) is 9.87. The molecule has 0 saturated carbocycles. The number of benzene rings is 2. The third kappa shape index (κ3) is 7.07. The van der Waals surface area contributed by atoms with E-state index in [2.05, 4.69) is 5.32 Å². The number of carbonyl (C=O) groups is 3. The van der Waals surface area contributed by atoms with Gasteiger partial charge < -0.3 is 15.0 Å². The van der Waals surface area contributed by atoms with Gasteiger partial charge in [-0.2, -0.15) is 0 Å². The summed E-state index contributed by atoms with van der Waals surface area (Å²) in [6.07, 6.45) is 0. The van der Waals surface area contributed by atoms with Gasteiger partial charge in [-0.25, -0.2) is 0 Å². The molecule has 0 unspecified atom stereocenters. The molecule has 154 valence electrons. The van der Waals surface area contributed by atoms with Gasteiger partial charge in [0.2, 0.25) is 5.91 Å². The molecule has 0 spiro atoms. The monoisotopic (exact) mass is 396 g/mol. The molecule has 0 aromatic heterocycles. The van der Waals surface area contributed by atoms with E-state index in [0.717, 1.165) is 11.1 Å². The lowest BCUT2D eigenvalue weighted by molar-refractivity contribution is -0.152. The number of amides is 2. The third-order valence-electron chi connectivity index (χ3n) is 4.16. The number of hydrogen-bond donors (Lipinski definition) is 1. The molecule has 2 amide bonds. The van der Waals surface area contributed by atoms with Crippen LogP contribution in [0.15, 0.2) is 60.7 Å². The molecular formula is C23H28N2O4. The number of esters is 1. The standard InChI is InChI=1S/C23H28N2O4/c1-23(2,3)24-19(26)15-25(4)20(27)16-29-22(28)21(17-11-7-5-8-12-17)18-13-9-6-10-14-18/h5-14,21H,15-16H2,1-4H3,(H,24,26). The highest BCUT2D eigenvalue weighted by Crippen LogP contribution is 2.25. The zero-order valence-electron chi connectivity index (χ0n) is 17.3. The average molecular weight is 396 g/mol. The molecule has 0 aliphatic rings. The Balaban J connectivity index is 2.01. The molecule has 2 rings (SSSR count). The molecule has 29 heavy (non-hydrogen) atoms. The van der Waals surface area contributed by atoms with Crippen LogP contribution in [0.1, 0.15) is 37.8 Å². The maximum Gasteiger partial charge on any atom is 0.318 e. The highest BCUT2D eigenvalue weighted by atomic mass is 16.5. The number of ether oxygens (including phenoxy) is 1. The van der Waals surface area contributed by atoms with Crippen molar-refractivity contribution in [3.63, 3.8) is 0 Å². The third-order valence-corrected chi connectivity index (χ3v) is 4.16. The minimum Gasteiger partial charge on any atom is -0.455 e. The Morgan fingerprint density at radius 1 is 0.931 bits per heavy atom. The lowest BCUT2D eigenvalue weighted by Crippen LogP contribution is -2.47. The second-order valence-electron chi connectivity index (χ2n) is 7.91. The molecule has 0 aliphatic carbocycles.